The van der Waals surface area contributed by atoms with Crippen molar-refractivity contribution in [1.82, 2.24) is 19.8 Å². The van der Waals surface area contributed by atoms with Gasteiger partial charge in [0.25, 0.3) is 0 Å². The highest BCUT2D eigenvalue weighted by Gasteiger charge is 2.21. The monoisotopic (exact) mass is 293 g/mol. The Morgan fingerprint density at radius 2 is 2.00 bits per heavy atom. The van der Waals surface area contributed by atoms with E-state index in [1.807, 2.05) is 28.4 Å². The van der Waals surface area contributed by atoms with E-state index < -0.39 is 0 Å². The zero-order valence-electron chi connectivity index (χ0n) is 12.7. The molecule has 5 nitrogen and oxygen atoms in total. The highest BCUT2D eigenvalue weighted by Crippen LogP contribution is 2.20. The smallest absolute Gasteiger partial charge is 0.178 e. The summed E-state index contributed by atoms with van der Waals surface area (Å²) in [5, 5.41) is 16.4. The fourth-order valence-electron chi connectivity index (χ4n) is 1.94. The fraction of sp³-hybridized carbons (Fsp3) is 0.643. The maximum Gasteiger partial charge on any atom is 0.178 e. The van der Waals surface area contributed by atoms with E-state index in [0.29, 0.717) is 0 Å². The molecule has 0 saturated carbocycles. The van der Waals surface area contributed by atoms with E-state index in [0.717, 1.165) is 30.3 Å². The molecule has 20 heavy (non-hydrogen) atoms. The van der Waals surface area contributed by atoms with Crippen LogP contribution in [0.1, 0.15) is 39.4 Å². The van der Waals surface area contributed by atoms with Crippen LogP contribution in [0.15, 0.2) is 12.1 Å². The molecule has 0 bridgehead atoms. The average molecular weight is 293 g/mol. The topological polar surface area (TPSA) is 55.1 Å². The quantitative estimate of drug-likeness (QED) is 0.830. The van der Waals surface area contributed by atoms with E-state index in [1.54, 1.807) is 0 Å². The predicted octanol–water partition coefficient (Wildman–Crippen LogP) is 2.98. The number of aromatic nitrogens is 4. The van der Waals surface area contributed by atoms with Crippen molar-refractivity contribution in [3.8, 4) is 0 Å². The molecule has 0 radical (unpaired) electrons. The number of rotatable bonds is 6. The molecule has 6 heteroatoms. The van der Waals surface area contributed by atoms with Gasteiger partial charge in [-0.15, -0.1) is 15.3 Å². The van der Waals surface area contributed by atoms with Crippen molar-refractivity contribution in [1.29, 1.82) is 0 Å². The average Bonchev–Trinajstić information content (AvgIpc) is 2.81. The largest absolute Gasteiger partial charge is 0.369 e. The van der Waals surface area contributed by atoms with Crippen LogP contribution in [0, 0.1) is 0 Å². The molecule has 0 unspecified atom stereocenters. The van der Waals surface area contributed by atoms with Gasteiger partial charge in [-0.2, -0.15) is 16.3 Å². The second kappa shape index (κ2) is 6.43. The minimum absolute atomic E-state index is 0.0661. The molecular formula is C14H23N5S. The Bertz CT molecular complexity index is 558. The third-order valence-corrected chi connectivity index (χ3v) is 3.71. The van der Waals surface area contributed by atoms with Crippen LogP contribution in [-0.2, 0) is 5.41 Å². The number of hydrogen-bond donors (Lipinski definition) is 1. The first-order valence-corrected chi connectivity index (χ1v) is 8.37. The van der Waals surface area contributed by atoms with Gasteiger partial charge in [0, 0.05) is 12.0 Å². The summed E-state index contributed by atoms with van der Waals surface area (Å²) in [6, 6.07) is 3.92. The third kappa shape index (κ3) is 3.62. The summed E-state index contributed by atoms with van der Waals surface area (Å²) in [4.78, 5) is 0. The molecule has 0 aromatic carbocycles. The lowest BCUT2D eigenvalue weighted by Gasteiger charge is -2.15. The van der Waals surface area contributed by atoms with Crippen LogP contribution in [0.3, 0.4) is 0 Å². The van der Waals surface area contributed by atoms with Crippen molar-refractivity contribution in [2.75, 3.05) is 23.9 Å². The molecule has 2 rings (SSSR count). The molecule has 0 amide bonds. The molecule has 0 atom stereocenters. The van der Waals surface area contributed by atoms with Crippen LogP contribution in [0.25, 0.3) is 5.65 Å². The van der Waals surface area contributed by atoms with Crippen molar-refractivity contribution in [2.45, 2.75) is 39.0 Å². The van der Waals surface area contributed by atoms with Gasteiger partial charge in [0.2, 0.25) is 0 Å². The van der Waals surface area contributed by atoms with Gasteiger partial charge in [-0.1, -0.05) is 20.8 Å². The maximum atomic E-state index is 4.59. The number of nitrogens with one attached hydrogen (secondary N) is 1. The summed E-state index contributed by atoms with van der Waals surface area (Å²) in [5.41, 5.74) is 0.728. The first kappa shape index (κ1) is 15.1. The van der Waals surface area contributed by atoms with E-state index in [-0.39, 0.29) is 5.41 Å². The maximum absolute atomic E-state index is 4.59. The van der Waals surface area contributed by atoms with Gasteiger partial charge in [-0.3, -0.25) is 0 Å². The molecule has 110 valence electrons. The number of hydrogen-bond acceptors (Lipinski definition) is 5. The second-order valence-electron chi connectivity index (χ2n) is 5.89. The van der Waals surface area contributed by atoms with E-state index >= 15 is 0 Å². The molecule has 0 spiro atoms. The molecule has 0 fully saturated rings. The Hall–Kier alpha value is -1.30. The number of anilines is 1. The summed E-state index contributed by atoms with van der Waals surface area (Å²) in [6.45, 7) is 7.31. The Morgan fingerprint density at radius 3 is 2.70 bits per heavy atom. The third-order valence-electron chi connectivity index (χ3n) is 3.01. The zero-order chi connectivity index (χ0) is 14.6. The second-order valence-corrected chi connectivity index (χ2v) is 6.87. The molecule has 2 heterocycles. The van der Waals surface area contributed by atoms with Crippen molar-refractivity contribution in [3.63, 3.8) is 0 Å². The van der Waals surface area contributed by atoms with E-state index in [4.69, 9.17) is 0 Å². The van der Waals surface area contributed by atoms with Gasteiger partial charge in [-0.05, 0) is 37.0 Å². The van der Waals surface area contributed by atoms with Crippen LogP contribution in [0.2, 0.25) is 0 Å². The van der Waals surface area contributed by atoms with Crippen molar-refractivity contribution in [3.05, 3.63) is 18.0 Å². The molecular weight excluding hydrogens is 270 g/mol. The van der Waals surface area contributed by atoms with Crippen LogP contribution in [-0.4, -0.2) is 38.4 Å². The summed E-state index contributed by atoms with van der Waals surface area (Å²) < 4.78 is 1.84. The summed E-state index contributed by atoms with van der Waals surface area (Å²) in [5.74, 6) is 2.98. The molecule has 2 aromatic heterocycles. The van der Waals surface area contributed by atoms with E-state index in [1.165, 1.54) is 12.2 Å². The highest BCUT2D eigenvalue weighted by molar-refractivity contribution is 7.98. The first-order chi connectivity index (χ1) is 9.52. The van der Waals surface area contributed by atoms with Crippen molar-refractivity contribution < 1.29 is 0 Å². The molecule has 0 saturated heterocycles. The normalized spacial score (nSPS) is 12.0. The molecule has 0 aliphatic carbocycles. The Balaban J connectivity index is 2.08. The Morgan fingerprint density at radius 1 is 1.20 bits per heavy atom. The van der Waals surface area contributed by atoms with Gasteiger partial charge in [0.05, 0.1) is 0 Å². The SMILES string of the molecule is CSCCCCNc1ccc2nnc(C(C)(C)C)n2n1. The van der Waals surface area contributed by atoms with Crippen LogP contribution < -0.4 is 5.32 Å². The highest BCUT2D eigenvalue weighted by atomic mass is 32.2. The van der Waals surface area contributed by atoms with Gasteiger partial charge in [-0.25, -0.2) is 0 Å². The molecule has 1 N–H and O–H groups in total. The number of nitrogens with zero attached hydrogens (tertiary/aromatic N) is 4. The summed E-state index contributed by atoms with van der Waals surface area (Å²) in [6.07, 6.45) is 4.54. The number of unbranched alkanes of at least 4 members (excludes halogenated alkanes) is 1. The van der Waals surface area contributed by atoms with Gasteiger partial charge < -0.3 is 5.32 Å². The van der Waals surface area contributed by atoms with E-state index in [9.17, 15) is 0 Å². The minimum Gasteiger partial charge on any atom is -0.369 e. The van der Waals surface area contributed by atoms with Gasteiger partial charge >= 0.3 is 0 Å². The lowest BCUT2D eigenvalue weighted by atomic mass is 9.96. The fourth-order valence-corrected chi connectivity index (χ4v) is 2.43. The van der Waals surface area contributed by atoms with Crippen molar-refractivity contribution >= 4 is 23.2 Å². The van der Waals surface area contributed by atoms with Crippen LogP contribution >= 0.6 is 11.8 Å². The summed E-state index contributed by atoms with van der Waals surface area (Å²) in [7, 11) is 0. The lowest BCUT2D eigenvalue weighted by molar-refractivity contribution is 0.527. The summed E-state index contributed by atoms with van der Waals surface area (Å²) >= 11 is 1.89. The lowest BCUT2D eigenvalue weighted by Crippen LogP contribution is -2.17. The van der Waals surface area contributed by atoms with E-state index in [2.05, 4.69) is 47.6 Å². The molecule has 0 aliphatic heterocycles. The van der Waals surface area contributed by atoms with Crippen LogP contribution in [0.4, 0.5) is 5.82 Å². The molecule has 0 aliphatic rings. The Labute approximate surface area is 124 Å². The minimum atomic E-state index is -0.0661. The zero-order valence-corrected chi connectivity index (χ0v) is 13.5. The first-order valence-electron chi connectivity index (χ1n) is 6.98. The number of fused-ring (bicyclic) bond motifs is 1. The molecule has 2 aromatic rings. The Kier molecular flexibility index (Phi) is 4.86. The predicted molar refractivity (Wildman–Crippen MR) is 85.6 cm³/mol. The van der Waals surface area contributed by atoms with Gasteiger partial charge in [0.15, 0.2) is 11.5 Å². The van der Waals surface area contributed by atoms with Crippen LogP contribution in [0.5, 0.6) is 0 Å². The standard InChI is InChI=1S/C14H23N5S/c1-14(2,3)13-17-16-12-8-7-11(18-19(12)13)15-9-5-6-10-20-4/h7-8H,5-6,9-10H2,1-4H3,(H,15,18). The number of thioether (sulfide) groups is 1. The van der Waals surface area contributed by atoms with Crippen molar-refractivity contribution in [2.24, 2.45) is 0 Å². The van der Waals surface area contributed by atoms with Gasteiger partial charge in [0.1, 0.15) is 5.82 Å².